The van der Waals surface area contributed by atoms with Crippen LogP contribution in [0.25, 0.3) is 0 Å². The lowest BCUT2D eigenvalue weighted by atomic mass is 9.99. The van der Waals surface area contributed by atoms with Gasteiger partial charge in [0, 0.05) is 0 Å². The normalized spacial score (nSPS) is 28.6. The Labute approximate surface area is 156 Å². The van der Waals surface area contributed by atoms with Crippen LogP contribution in [0.2, 0.25) is 0 Å². The maximum absolute atomic E-state index is 12.5. The van der Waals surface area contributed by atoms with E-state index in [1.54, 1.807) is 13.8 Å². The Bertz CT molecular complexity index is 658. The van der Waals surface area contributed by atoms with Crippen LogP contribution in [0, 0.1) is 0 Å². The highest BCUT2D eigenvalue weighted by atomic mass is 16.7. The topological polar surface area (TPSA) is 146 Å². The van der Waals surface area contributed by atoms with Crippen LogP contribution in [-0.2, 0) is 9.47 Å². The molecule has 0 unspecified atom stereocenters. The fourth-order valence-corrected chi connectivity index (χ4v) is 2.45. The molecule has 1 aliphatic heterocycles. The van der Waals surface area contributed by atoms with Gasteiger partial charge in [0.2, 0.25) is 6.29 Å². The Kier molecular flexibility index (Phi) is 6.66. The van der Waals surface area contributed by atoms with E-state index in [0.29, 0.717) is 6.42 Å². The molecular formula is C18H26O9. The van der Waals surface area contributed by atoms with E-state index in [4.69, 9.17) is 14.2 Å². The van der Waals surface area contributed by atoms with Crippen LogP contribution in [0.15, 0.2) is 18.2 Å². The zero-order valence-corrected chi connectivity index (χ0v) is 15.4. The zero-order valence-electron chi connectivity index (χ0n) is 15.4. The molecule has 0 aliphatic carbocycles. The Morgan fingerprint density at radius 3 is 2.44 bits per heavy atom. The summed E-state index contributed by atoms with van der Waals surface area (Å²) in [6.07, 6.45) is -6.84. The van der Waals surface area contributed by atoms with E-state index >= 15 is 0 Å². The van der Waals surface area contributed by atoms with Crippen molar-refractivity contribution < 1.29 is 44.5 Å². The molecule has 1 heterocycles. The van der Waals surface area contributed by atoms with Crippen molar-refractivity contribution in [3.8, 4) is 11.5 Å². The van der Waals surface area contributed by atoms with Crippen molar-refractivity contribution in [1.29, 1.82) is 0 Å². The quantitative estimate of drug-likeness (QED) is 0.424. The lowest BCUT2D eigenvalue weighted by molar-refractivity contribution is -0.277. The molecule has 9 nitrogen and oxygen atoms in total. The van der Waals surface area contributed by atoms with E-state index in [2.05, 4.69) is 0 Å². The fraction of sp³-hybridized carbons (Fsp3) is 0.611. The summed E-state index contributed by atoms with van der Waals surface area (Å²) in [5, 5.41) is 48.7. The largest absolute Gasteiger partial charge is 0.508 e. The minimum Gasteiger partial charge on any atom is -0.508 e. The lowest BCUT2D eigenvalue weighted by Gasteiger charge is -2.39. The van der Waals surface area contributed by atoms with E-state index in [-0.39, 0.29) is 17.1 Å². The predicted octanol–water partition coefficient (Wildman–Crippen LogP) is -0.0837. The Balaban J connectivity index is 2.27. The minimum atomic E-state index is -1.63. The monoisotopic (exact) mass is 386 g/mol. The Morgan fingerprint density at radius 1 is 1.19 bits per heavy atom. The molecule has 5 N–H and O–H groups in total. The van der Waals surface area contributed by atoms with Gasteiger partial charge in [-0.3, -0.25) is 0 Å². The van der Waals surface area contributed by atoms with Crippen molar-refractivity contribution in [2.75, 3.05) is 6.61 Å². The van der Waals surface area contributed by atoms with Gasteiger partial charge in [0.15, 0.2) is 0 Å². The minimum absolute atomic E-state index is 0.0611. The highest BCUT2D eigenvalue weighted by Crippen LogP contribution is 2.30. The number of aromatic hydroxyl groups is 1. The maximum atomic E-state index is 12.5. The third-order valence-electron chi connectivity index (χ3n) is 4.50. The lowest BCUT2D eigenvalue weighted by Crippen LogP contribution is -2.60. The van der Waals surface area contributed by atoms with Gasteiger partial charge in [-0.2, -0.15) is 0 Å². The molecule has 2 rings (SSSR count). The first-order chi connectivity index (χ1) is 12.6. The second-order valence-corrected chi connectivity index (χ2v) is 7.00. The van der Waals surface area contributed by atoms with Gasteiger partial charge in [-0.15, -0.1) is 0 Å². The molecule has 0 amide bonds. The molecule has 0 aromatic heterocycles. The van der Waals surface area contributed by atoms with E-state index in [9.17, 15) is 30.3 Å². The van der Waals surface area contributed by atoms with E-state index in [1.807, 2.05) is 6.92 Å². The molecule has 0 radical (unpaired) electrons. The fourth-order valence-electron chi connectivity index (χ4n) is 2.45. The summed E-state index contributed by atoms with van der Waals surface area (Å²) in [7, 11) is 0. The molecule has 1 aromatic carbocycles. The second kappa shape index (κ2) is 8.41. The van der Waals surface area contributed by atoms with Crippen LogP contribution in [0.5, 0.6) is 11.5 Å². The van der Waals surface area contributed by atoms with Crippen LogP contribution in [0.1, 0.15) is 37.6 Å². The van der Waals surface area contributed by atoms with Gasteiger partial charge >= 0.3 is 5.97 Å². The van der Waals surface area contributed by atoms with Crippen molar-refractivity contribution in [3.63, 3.8) is 0 Å². The summed E-state index contributed by atoms with van der Waals surface area (Å²) < 4.78 is 16.2. The van der Waals surface area contributed by atoms with Crippen molar-refractivity contribution >= 4 is 5.97 Å². The molecule has 5 atom stereocenters. The number of carbonyl (C=O) groups excluding carboxylic acids is 1. The van der Waals surface area contributed by atoms with Gasteiger partial charge in [-0.05, 0) is 38.5 Å². The SMILES string of the molecule is CCC(C)(C)OC(=O)c1cc(O)ccc1O[C@@H]1O[C@H](CO)[C@@H](O)[C@H](O)[C@H]1O. The first-order valence-electron chi connectivity index (χ1n) is 8.63. The number of aliphatic hydroxyl groups is 4. The first-order valence-corrected chi connectivity index (χ1v) is 8.63. The first kappa shape index (κ1) is 21.4. The summed E-state index contributed by atoms with van der Waals surface area (Å²) >= 11 is 0. The summed E-state index contributed by atoms with van der Waals surface area (Å²) in [6.45, 7) is 4.69. The second-order valence-electron chi connectivity index (χ2n) is 7.00. The van der Waals surface area contributed by atoms with Crippen LogP contribution in [0.3, 0.4) is 0 Å². The predicted molar refractivity (Wildman–Crippen MR) is 92.3 cm³/mol. The number of hydrogen-bond acceptors (Lipinski definition) is 9. The number of rotatable bonds is 6. The number of phenolic OH excluding ortho intramolecular Hbond substituents is 1. The average Bonchev–Trinajstić information content (AvgIpc) is 2.63. The summed E-state index contributed by atoms with van der Waals surface area (Å²) in [6, 6.07) is 3.70. The molecular weight excluding hydrogens is 360 g/mol. The number of esters is 1. The third kappa shape index (κ3) is 4.88. The van der Waals surface area contributed by atoms with Gasteiger partial charge in [0.25, 0.3) is 0 Å². The number of phenols is 1. The molecule has 1 aromatic rings. The van der Waals surface area contributed by atoms with Crippen molar-refractivity contribution in [2.24, 2.45) is 0 Å². The average molecular weight is 386 g/mol. The summed E-state index contributed by atoms with van der Waals surface area (Å²) in [4.78, 5) is 12.5. The molecule has 1 aliphatic rings. The Hall–Kier alpha value is -1.91. The van der Waals surface area contributed by atoms with Crippen LogP contribution < -0.4 is 4.74 Å². The van der Waals surface area contributed by atoms with Gasteiger partial charge < -0.3 is 39.7 Å². The van der Waals surface area contributed by atoms with Crippen LogP contribution in [-0.4, -0.2) is 74.4 Å². The number of aliphatic hydroxyl groups excluding tert-OH is 4. The van der Waals surface area contributed by atoms with Crippen LogP contribution >= 0.6 is 0 Å². The van der Waals surface area contributed by atoms with Gasteiger partial charge in [-0.1, -0.05) is 6.92 Å². The van der Waals surface area contributed by atoms with E-state index in [1.165, 1.54) is 12.1 Å². The number of ether oxygens (including phenoxy) is 3. The summed E-state index contributed by atoms with van der Waals surface area (Å²) in [5.74, 6) is -1.01. The van der Waals surface area contributed by atoms with Gasteiger partial charge in [0.05, 0.1) is 6.61 Å². The molecule has 1 fully saturated rings. The van der Waals surface area contributed by atoms with E-state index < -0.39 is 48.9 Å². The molecule has 0 bridgehead atoms. The summed E-state index contributed by atoms with van der Waals surface area (Å²) in [5.41, 5.74) is -0.850. The maximum Gasteiger partial charge on any atom is 0.342 e. The molecule has 152 valence electrons. The Morgan fingerprint density at radius 2 is 1.85 bits per heavy atom. The molecule has 9 heteroatoms. The van der Waals surface area contributed by atoms with Gasteiger partial charge in [-0.25, -0.2) is 4.79 Å². The molecule has 0 saturated carbocycles. The molecule has 27 heavy (non-hydrogen) atoms. The van der Waals surface area contributed by atoms with Crippen molar-refractivity contribution in [2.45, 2.75) is 63.5 Å². The number of benzene rings is 1. The highest BCUT2D eigenvalue weighted by Gasteiger charge is 2.45. The third-order valence-corrected chi connectivity index (χ3v) is 4.50. The van der Waals surface area contributed by atoms with E-state index in [0.717, 1.165) is 6.07 Å². The van der Waals surface area contributed by atoms with Gasteiger partial charge in [0.1, 0.15) is 47.1 Å². The smallest absolute Gasteiger partial charge is 0.342 e. The van der Waals surface area contributed by atoms with Crippen molar-refractivity contribution in [3.05, 3.63) is 23.8 Å². The zero-order chi connectivity index (χ0) is 20.4. The van der Waals surface area contributed by atoms with Crippen molar-refractivity contribution in [1.82, 2.24) is 0 Å². The molecule has 0 spiro atoms. The molecule has 1 saturated heterocycles. The number of carbonyl (C=O) groups is 1. The highest BCUT2D eigenvalue weighted by molar-refractivity contribution is 5.93. The standard InChI is InChI=1S/C18H26O9/c1-4-18(2,3)27-16(24)10-7-9(20)5-6-11(10)25-17-15(23)14(22)13(21)12(8-19)26-17/h5-7,12-15,17,19-23H,4,8H2,1-3H3/t12-,13-,14+,15-,17-/m1/s1. The number of hydrogen-bond donors (Lipinski definition) is 5. The van der Waals surface area contributed by atoms with Crippen LogP contribution in [0.4, 0.5) is 0 Å².